The molecule has 3 heteroatoms. The van der Waals surface area contributed by atoms with Crippen LogP contribution in [0.15, 0.2) is 0 Å². The highest BCUT2D eigenvalue weighted by atomic mass is 32.1. The van der Waals surface area contributed by atoms with Gasteiger partial charge in [0.05, 0.1) is 0 Å². The second-order valence-corrected chi connectivity index (χ2v) is 4.38. The first-order valence-electron chi connectivity index (χ1n) is 5.63. The van der Waals surface area contributed by atoms with Crippen LogP contribution < -0.4 is 0 Å². The Labute approximate surface area is 91.8 Å². The Morgan fingerprint density at radius 1 is 1.21 bits per heavy atom. The second-order valence-electron chi connectivity index (χ2n) is 3.93. The summed E-state index contributed by atoms with van der Waals surface area (Å²) in [4.78, 5) is 11.3. The third-order valence-electron chi connectivity index (χ3n) is 2.64. The van der Waals surface area contributed by atoms with Crippen molar-refractivity contribution < 1.29 is 9.53 Å². The lowest BCUT2D eigenvalue weighted by Crippen LogP contribution is -2.20. The molecule has 2 nitrogen and oxygen atoms in total. The van der Waals surface area contributed by atoms with Crippen molar-refractivity contribution >= 4 is 18.6 Å². The van der Waals surface area contributed by atoms with E-state index in [2.05, 4.69) is 12.6 Å². The number of hydrogen-bond donors (Lipinski definition) is 1. The lowest BCUT2D eigenvalue weighted by molar-refractivity contribution is -0.150. The number of thiol groups is 1. The molecule has 14 heavy (non-hydrogen) atoms. The predicted molar refractivity (Wildman–Crippen MR) is 60.7 cm³/mol. The van der Waals surface area contributed by atoms with Gasteiger partial charge in [0.1, 0.15) is 6.10 Å². The van der Waals surface area contributed by atoms with Crippen LogP contribution in [-0.4, -0.2) is 17.8 Å². The van der Waals surface area contributed by atoms with E-state index in [0.29, 0.717) is 6.42 Å². The Morgan fingerprint density at radius 3 is 2.57 bits per heavy atom. The normalized spacial score (nSPS) is 18.1. The highest BCUT2D eigenvalue weighted by molar-refractivity contribution is 7.80. The van der Waals surface area contributed by atoms with Gasteiger partial charge in [0, 0.05) is 6.42 Å². The zero-order valence-electron chi connectivity index (χ0n) is 8.71. The number of ether oxygens (including phenoxy) is 1. The van der Waals surface area contributed by atoms with Gasteiger partial charge in [-0.2, -0.15) is 12.6 Å². The lowest BCUT2D eigenvalue weighted by Gasteiger charge is -2.21. The molecule has 1 rings (SSSR count). The van der Waals surface area contributed by atoms with E-state index in [1.807, 2.05) is 0 Å². The molecule has 0 heterocycles. The number of carbonyl (C=O) groups is 1. The Morgan fingerprint density at radius 2 is 1.93 bits per heavy atom. The first-order chi connectivity index (χ1) is 6.83. The minimum atomic E-state index is -0.0151. The Bertz CT molecular complexity index is 165. The molecule has 82 valence electrons. The summed E-state index contributed by atoms with van der Waals surface area (Å²) in [5.74, 6) is 0.843. The Balaban J connectivity index is 2.06. The van der Waals surface area contributed by atoms with E-state index in [0.717, 1.165) is 31.4 Å². The highest BCUT2D eigenvalue weighted by Crippen LogP contribution is 2.20. The summed E-state index contributed by atoms with van der Waals surface area (Å²) >= 11 is 4.10. The summed E-state index contributed by atoms with van der Waals surface area (Å²) in [6, 6.07) is 0. The van der Waals surface area contributed by atoms with Crippen LogP contribution in [0.4, 0.5) is 0 Å². The van der Waals surface area contributed by atoms with E-state index in [1.165, 1.54) is 19.3 Å². The summed E-state index contributed by atoms with van der Waals surface area (Å²) in [5, 5.41) is 0. The minimum absolute atomic E-state index is 0.0151. The Kier molecular flexibility index (Phi) is 6.08. The SMILES string of the molecule is O=C(CCCCS)OC1CCCCC1. The lowest BCUT2D eigenvalue weighted by atomic mass is 9.98. The molecule has 0 aromatic rings. The van der Waals surface area contributed by atoms with Crippen LogP contribution in [0.1, 0.15) is 51.4 Å². The third-order valence-corrected chi connectivity index (χ3v) is 2.96. The van der Waals surface area contributed by atoms with Crippen molar-refractivity contribution in [3.8, 4) is 0 Å². The molecule has 0 aromatic heterocycles. The maximum atomic E-state index is 11.3. The molecule has 1 aliphatic rings. The molecule has 0 unspecified atom stereocenters. The van der Waals surface area contributed by atoms with Crippen molar-refractivity contribution in [3.05, 3.63) is 0 Å². The summed E-state index contributed by atoms with van der Waals surface area (Å²) < 4.78 is 5.37. The van der Waals surface area contributed by atoms with Crippen molar-refractivity contribution in [1.29, 1.82) is 0 Å². The van der Waals surface area contributed by atoms with Crippen LogP contribution in [-0.2, 0) is 9.53 Å². The number of unbranched alkanes of at least 4 members (excludes halogenated alkanes) is 1. The molecule has 0 bridgehead atoms. The fraction of sp³-hybridized carbons (Fsp3) is 0.909. The van der Waals surface area contributed by atoms with Crippen molar-refractivity contribution in [1.82, 2.24) is 0 Å². The minimum Gasteiger partial charge on any atom is -0.462 e. The van der Waals surface area contributed by atoms with E-state index in [4.69, 9.17) is 4.74 Å². The molecule has 0 N–H and O–H groups in total. The quantitative estimate of drug-likeness (QED) is 0.434. The fourth-order valence-corrected chi connectivity index (χ4v) is 2.03. The molecule has 1 fully saturated rings. The van der Waals surface area contributed by atoms with Gasteiger partial charge in [-0.3, -0.25) is 4.79 Å². The van der Waals surface area contributed by atoms with Crippen LogP contribution >= 0.6 is 12.6 Å². The van der Waals surface area contributed by atoms with Crippen LogP contribution in [0.25, 0.3) is 0 Å². The summed E-state index contributed by atoms with van der Waals surface area (Å²) in [6.07, 6.45) is 8.56. The van der Waals surface area contributed by atoms with E-state index < -0.39 is 0 Å². The molecule has 1 saturated carbocycles. The van der Waals surface area contributed by atoms with Gasteiger partial charge in [-0.25, -0.2) is 0 Å². The van der Waals surface area contributed by atoms with Crippen molar-refractivity contribution in [2.75, 3.05) is 5.75 Å². The first kappa shape index (κ1) is 11.9. The molecule has 0 amide bonds. The standard InChI is InChI=1S/C11H20O2S/c12-11(8-4-5-9-14)13-10-6-2-1-3-7-10/h10,14H,1-9H2. The molecule has 0 aliphatic heterocycles. The van der Waals surface area contributed by atoms with Gasteiger partial charge < -0.3 is 4.74 Å². The molecule has 0 aromatic carbocycles. The highest BCUT2D eigenvalue weighted by Gasteiger charge is 2.16. The first-order valence-corrected chi connectivity index (χ1v) is 6.26. The van der Waals surface area contributed by atoms with Crippen molar-refractivity contribution in [3.63, 3.8) is 0 Å². The average Bonchev–Trinajstić information content (AvgIpc) is 2.20. The number of rotatable bonds is 5. The molecule has 0 radical (unpaired) electrons. The molecule has 0 saturated heterocycles. The second kappa shape index (κ2) is 7.16. The average molecular weight is 216 g/mol. The molecular weight excluding hydrogens is 196 g/mol. The van der Waals surface area contributed by atoms with Gasteiger partial charge in [0.25, 0.3) is 0 Å². The van der Waals surface area contributed by atoms with Gasteiger partial charge in [-0.1, -0.05) is 6.42 Å². The molecule has 0 spiro atoms. The molecular formula is C11H20O2S. The van der Waals surface area contributed by atoms with Gasteiger partial charge in [0.2, 0.25) is 0 Å². The van der Waals surface area contributed by atoms with Gasteiger partial charge in [0.15, 0.2) is 0 Å². The topological polar surface area (TPSA) is 26.3 Å². The molecule has 1 aliphatic carbocycles. The van der Waals surface area contributed by atoms with Crippen LogP contribution in [0.5, 0.6) is 0 Å². The monoisotopic (exact) mass is 216 g/mol. The van der Waals surface area contributed by atoms with Crippen molar-refractivity contribution in [2.24, 2.45) is 0 Å². The van der Waals surface area contributed by atoms with Gasteiger partial charge in [-0.15, -0.1) is 0 Å². The smallest absolute Gasteiger partial charge is 0.306 e. The fourth-order valence-electron chi connectivity index (χ4n) is 1.81. The van der Waals surface area contributed by atoms with Crippen LogP contribution in [0.3, 0.4) is 0 Å². The summed E-state index contributed by atoms with van der Waals surface area (Å²) in [6.45, 7) is 0. The summed E-state index contributed by atoms with van der Waals surface area (Å²) in [5.41, 5.74) is 0. The zero-order chi connectivity index (χ0) is 10.2. The van der Waals surface area contributed by atoms with E-state index in [1.54, 1.807) is 0 Å². The third kappa shape index (κ3) is 4.89. The van der Waals surface area contributed by atoms with Crippen LogP contribution in [0, 0.1) is 0 Å². The van der Waals surface area contributed by atoms with Crippen molar-refractivity contribution in [2.45, 2.75) is 57.5 Å². The van der Waals surface area contributed by atoms with Gasteiger partial charge >= 0.3 is 5.97 Å². The largest absolute Gasteiger partial charge is 0.462 e. The Hall–Kier alpha value is -0.180. The number of hydrogen-bond acceptors (Lipinski definition) is 3. The maximum Gasteiger partial charge on any atom is 0.306 e. The number of carbonyl (C=O) groups excluding carboxylic acids is 1. The zero-order valence-corrected chi connectivity index (χ0v) is 9.60. The number of esters is 1. The van der Waals surface area contributed by atoms with Gasteiger partial charge in [-0.05, 0) is 44.3 Å². The molecule has 0 atom stereocenters. The van der Waals surface area contributed by atoms with E-state index in [-0.39, 0.29) is 12.1 Å². The summed E-state index contributed by atoms with van der Waals surface area (Å²) in [7, 11) is 0. The van der Waals surface area contributed by atoms with E-state index in [9.17, 15) is 4.79 Å². The van der Waals surface area contributed by atoms with Crippen LogP contribution in [0.2, 0.25) is 0 Å². The predicted octanol–water partition coefficient (Wildman–Crippen LogP) is 2.96. The maximum absolute atomic E-state index is 11.3. The van der Waals surface area contributed by atoms with E-state index >= 15 is 0 Å².